The Morgan fingerprint density at radius 2 is 1.21 bits per heavy atom. The van der Waals surface area contributed by atoms with Crippen LogP contribution in [0.4, 0.5) is 0 Å². The summed E-state index contributed by atoms with van der Waals surface area (Å²) in [6.45, 7) is 0. The molecule has 2 aromatic carbocycles. The standard InChI is InChI=1S/C16H10Br2S/c17-14-13(11-7-3-1-4-8-11)15(19-16(14)18)12-9-5-2-6-10-12/h1-10H. The predicted molar refractivity (Wildman–Crippen MR) is 90.6 cm³/mol. The molecule has 0 nitrogen and oxygen atoms in total. The molecule has 0 bridgehead atoms. The molecule has 0 atom stereocenters. The fourth-order valence-corrected chi connectivity index (χ4v) is 4.47. The minimum atomic E-state index is 1.13. The normalized spacial score (nSPS) is 10.6. The molecule has 1 aromatic heterocycles. The van der Waals surface area contributed by atoms with Crippen LogP contribution >= 0.6 is 43.2 Å². The quantitative estimate of drug-likeness (QED) is 0.459. The SMILES string of the molecule is Brc1sc(-c2ccccc2)c(-c2ccccc2)c1Br. The number of hydrogen-bond donors (Lipinski definition) is 0. The number of thiophene rings is 1. The van der Waals surface area contributed by atoms with Gasteiger partial charge in [-0.1, -0.05) is 60.7 Å². The van der Waals surface area contributed by atoms with Crippen molar-refractivity contribution in [3.05, 3.63) is 68.9 Å². The Balaban J connectivity index is 2.25. The Bertz CT molecular complexity index is 688. The Hall–Kier alpha value is -0.900. The third-order valence-corrected chi connectivity index (χ3v) is 6.41. The van der Waals surface area contributed by atoms with Crippen LogP contribution in [0.15, 0.2) is 68.9 Å². The number of hydrogen-bond acceptors (Lipinski definition) is 1. The van der Waals surface area contributed by atoms with E-state index in [0.29, 0.717) is 0 Å². The van der Waals surface area contributed by atoms with Crippen molar-refractivity contribution in [2.45, 2.75) is 0 Å². The zero-order chi connectivity index (χ0) is 13.2. The maximum atomic E-state index is 3.70. The van der Waals surface area contributed by atoms with Gasteiger partial charge >= 0.3 is 0 Å². The third kappa shape index (κ3) is 2.55. The van der Waals surface area contributed by atoms with Gasteiger partial charge in [-0.15, -0.1) is 11.3 Å². The number of benzene rings is 2. The molecular weight excluding hydrogens is 384 g/mol. The molecule has 0 unspecified atom stereocenters. The van der Waals surface area contributed by atoms with Gasteiger partial charge in [0.15, 0.2) is 0 Å². The second-order valence-corrected chi connectivity index (χ2v) is 7.26. The van der Waals surface area contributed by atoms with Gasteiger partial charge in [-0.3, -0.25) is 0 Å². The van der Waals surface area contributed by atoms with Crippen LogP contribution in [0.25, 0.3) is 21.6 Å². The first-order chi connectivity index (χ1) is 9.27. The summed E-state index contributed by atoms with van der Waals surface area (Å²) in [4.78, 5) is 1.28. The van der Waals surface area contributed by atoms with Crippen molar-refractivity contribution in [1.82, 2.24) is 0 Å². The molecule has 0 aliphatic rings. The molecule has 94 valence electrons. The molecular formula is C16H10Br2S. The summed E-state index contributed by atoms with van der Waals surface area (Å²) in [5, 5.41) is 0. The predicted octanol–water partition coefficient (Wildman–Crippen LogP) is 6.61. The highest BCUT2D eigenvalue weighted by molar-refractivity contribution is 9.13. The molecule has 0 N–H and O–H groups in total. The van der Waals surface area contributed by atoms with Crippen LogP contribution < -0.4 is 0 Å². The van der Waals surface area contributed by atoms with Crippen molar-refractivity contribution in [3.8, 4) is 21.6 Å². The van der Waals surface area contributed by atoms with Crippen molar-refractivity contribution >= 4 is 43.2 Å². The topological polar surface area (TPSA) is 0 Å². The second kappa shape index (κ2) is 5.61. The van der Waals surface area contributed by atoms with Gasteiger partial charge in [-0.2, -0.15) is 0 Å². The molecule has 19 heavy (non-hydrogen) atoms. The molecule has 1 heterocycles. The Morgan fingerprint density at radius 1 is 0.684 bits per heavy atom. The van der Waals surface area contributed by atoms with Crippen LogP contribution in [0, 0.1) is 0 Å². The van der Waals surface area contributed by atoms with E-state index in [0.717, 1.165) is 8.26 Å². The van der Waals surface area contributed by atoms with E-state index in [2.05, 4.69) is 80.4 Å². The second-order valence-electron chi connectivity index (χ2n) is 4.13. The van der Waals surface area contributed by atoms with Crippen LogP contribution in [0.3, 0.4) is 0 Å². The van der Waals surface area contributed by atoms with Crippen molar-refractivity contribution < 1.29 is 0 Å². The monoisotopic (exact) mass is 392 g/mol. The van der Waals surface area contributed by atoms with E-state index in [4.69, 9.17) is 0 Å². The minimum absolute atomic E-state index is 1.13. The summed E-state index contributed by atoms with van der Waals surface area (Å²) in [5.41, 5.74) is 3.73. The zero-order valence-electron chi connectivity index (χ0n) is 9.94. The first-order valence-corrected chi connectivity index (χ1v) is 8.26. The fraction of sp³-hybridized carbons (Fsp3) is 0. The van der Waals surface area contributed by atoms with Crippen molar-refractivity contribution in [1.29, 1.82) is 0 Å². The molecule has 0 amide bonds. The molecule has 0 saturated heterocycles. The Morgan fingerprint density at radius 3 is 1.79 bits per heavy atom. The van der Waals surface area contributed by atoms with Gasteiger partial charge < -0.3 is 0 Å². The van der Waals surface area contributed by atoms with E-state index in [1.165, 1.54) is 21.6 Å². The zero-order valence-corrected chi connectivity index (χ0v) is 13.9. The van der Waals surface area contributed by atoms with Crippen LogP contribution in [0.2, 0.25) is 0 Å². The van der Waals surface area contributed by atoms with Gasteiger partial charge in [0.2, 0.25) is 0 Å². The third-order valence-electron chi connectivity index (χ3n) is 2.91. The molecule has 0 aliphatic carbocycles. The molecule has 0 aliphatic heterocycles. The molecule has 0 radical (unpaired) electrons. The van der Waals surface area contributed by atoms with E-state index in [-0.39, 0.29) is 0 Å². The highest BCUT2D eigenvalue weighted by Crippen LogP contribution is 2.48. The first-order valence-electron chi connectivity index (χ1n) is 5.86. The lowest BCUT2D eigenvalue weighted by Crippen LogP contribution is -1.79. The van der Waals surface area contributed by atoms with Crippen LogP contribution in [-0.4, -0.2) is 0 Å². The van der Waals surface area contributed by atoms with E-state index >= 15 is 0 Å². The average molecular weight is 394 g/mol. The molecule has 0 fully saturated rings. The summed E-state index contributed by atoms with van der Waals surface area (Å²) in [6.07, 6.45) is 0. The van der Waals surface area contributed by atoms with Gasteiger partial charge in [0.05, 0.1) is 8.26 Å². The van der Waals surface area contributed by atoms with Crippen molar-refractivity contribution in [2.75, 3.05) is 0 Å². The summed E-state index contributed by atoms with van der Waals surface area (Å²) < 4.78 is 2.26. The number of rotatable bonds is 2. The van der Waals surface area contributed by atoms with E-state index in [1.807, 2.05) is 12.1 Å². The van der Waals surface area contributed by atoms with Gasteiger partial charge in [0.25, 0.3) is 0 Å². The highest BCUT2D eigenvalue weighted by Gasteiger charge is 2.17. The molecule has 0 saturated carbocycles. The van der Waals surface area contributed by atoms with E-state index in [9.17, 15) is 0 Å². The largest absolute Gasteiger partial charge is 0.126 e. The minimum Gasteiger partial charge on any atom is -0.126 e. The summed E-state index contributed by atoms with van der Waals surface area (Å²) in [7, 11) is 0. The lowest BCUT2D eigenvalue weighted by molar-refractivity contribution is 1.63. The van der Waals surface area contributed by atoms with Gasteiger partial charge in [0, 0.05) is 10.4 Å². The average Bonchev–Trinajstić information content (AvgIpc) is 2.77. The maximum absolute atomic E-state index is 3.70. The maximum Gasteiger partial charge on any atom is 0.0853 e. The first kappa shape index (κ1) is 13.1. The van der Waals surface area contributed by atoms with Crippen molar-refractivity contribution in [2.24, 2.45) is 0 Å². The summed E-state index contributed by atoms with van der Waals surface area (Å²) in [6, 6.07) is 21.0. The van der Waals surface area contributed by atoms with Crippen LogP contribution in [0.1, 0.15) is 0 Å². The number of halogens is 2. The van der Waals surface area contributed by atoms with Crippen LogP contribution in [-0.2, 0) is 0 Å². The lowest BCUT2D eigenvalue weighted by atomic mass is 10.0. The Labute approximate surface area is 133 Å². The van der Waals surface area contributed by atoms with Gasteiger partial charge in [0.1, 0.15) is 0 Å². The van der Waals surface area contributed by atoms with Gasteiger partial charge in [-0.05, 0) is 43.0 Å². The van der Waals surface area contributed by atoms with Gasteiger partial charge in [-0.25, -0.2) is 0 Å². The molecule has 3 heteroatoms. The van der Waals surface area contributed by atoms with Crippen molar-refractivity contribution in [3.63, 3.8) is 0 Å². The Kier molecular flexibility index (Phi) is 3.87. The summed E-state index contributed by atoms with van der Waals surface area (Å²) >= 11 is 9.09. The molecule has 3 aromatic rings. The van der Waals surface area contributed by atoms with E-state index < -0.39 is 0 Å². The fourth-order valence-electron chi connectivity index (χ4n) is 2.04. The molecule has 0 spiro atoms. The highest BCUT2D eigenvalue weighted by atomic mass is 79.9. The van der Waals surface area contributed by atoms with E-state index in [1.54, 1.807) is 11.3 Å². The lowest BCUT2D eigenvalue weighted by Gasteiger charge is -2.05. The summed E-state index contributed by atoms with van der Waals surface area (Å²) in [5.74, 6) is 0. The molecule has 3 rings (SSSR count). The van der Waals surface area contributed by atoms with Crippen LogP contribution in [0.5, 0.6) is 0 Å². The smallest absolute Gasteiger partial charge is 0.0853 e.